The molecule has 28 heavy (non-hydrogen) atoms. The molecular weight excluding hydrogens is 444 g/mol. The highest BCUT2D eigenvalue weighted by atomic mass is 79.9. The first-order valence-corrected chi connectivity index (χ1v) is 11.7. The number of aryl methyl sites for hydroxylation is 1. The third kappa shape index (κ3) is 4.82. The summed E-state index contributed by atoms with van der Waals surface area (Å²) in [6.45, 7) is 3.46. The number of sulfonamides is 1. The van der Waals surface area contributed by atoms with Crippen LogP contribution in [0.4, 0.5) is 5.82 Å². The molecular formula is C19H25BrN4O3S. The Kier molecular flexibility index (Phi) is 6.90. The molecule has 0 spiro atoms. The van der Waals surface area contributed by atoms with E-state index in [1.165, 1.54) is 4.31 Å². The van der Waals surface area contributed by atoms with E-state index in [9.17, 15) is 13.2 Å². The Hall–Kier alpha value is -1.71. The van der Waals surface area contributed by atoms with E-state index in [0.29, 0.717) is 25.2 Å². The number of nitrogens with zero attached hydrogens (tertiary/aromatic N) is 3. The smallest absolute Gasteiger partial charge is 0.243 e. The monoisotopic (exact) mass is 468 g/mol. The zero-order valence-corrected chi connectivity index (χ0v) is 18.2. The largest absolute Gasteiger partial charge is 0.311 e. The van der Waals surface area contributed by atoms with E-state index >= 15 is 0 Å². The number of hydrogen-bond acceptors (Lipinski definition) is 4. The van der Waals surface area contributed by atoms with Crippen molar-refractivity contribution in [3.05, 3.63) is 41.0 Å². The molecule has 1 atom stereocenters. The van der Waals surface area contributed by atoms with Gasteiger partial charge >= 0.3 is 0 Å². The Balaban J connectivity index is 1.68. The maximum Gasteiger partial charge on any atom is 0.243 e. The highest BCUT2D eigenvalue weighted by Gasteiger charge is 2.33. The molecule has 7 nitrogen and oxygen atoms in total. The van der Waals surface area contributed by atoms with Crippen LogP contribution in [0.2, 0.25) is 0 Å². The maximum atomic E-state index is 12.9. The van der Waals surface area contributed by atoms with Gasteiger partial charge in [0.1, 0.15) is 5.82 Å². The van der Waals surface area contributed by atoms with Crippen molar-refractivity contribution in [2.45, 2.75) is 44.0 Å². The molecule has 0 radical (unpaired) electrons. The van der Waals surface area contributed by atoms with Crippen molar-refractivity contribution >= 4 is 37.7 Å². The molecule has 1 aromatic carbocycles. The topological polar surface area (TPSA) is 84.3 Å². The Labute approximate surface area is 174 Å². The Morgan fingerprint density at radius 3 is 2.75 bits per heavy atom. The Morgan fingerprint density at radius 2 is 2.04 bits per heavy atom. The summed E-state index contributed by atoms with van der Waals surface area (Å²) in [4.78, 5) is 13.0. The van der Waals surface area contributed by atoms with Crippen molar-refractivity contribution in [1.29, 1.82) is 0 Å². The van der Waals surface area contributed by atoms with Gasteiger partial charge < -0.3 is 5.32 Å². The molecule has 1 unspecified atom stereocenters. The van der Waals surface area contributed by atoms with E-state index in [4.69, 9.17) is 0 Å². The number of amides is 1. The van der Waals surface area contributed by atoms with Gasteiger partial charge in [-0.3, -0.25) is 4.79 Å². The average molecular weight is 469 g/mol. The summed E-state index contributed by atoms with van der Waals surface area (Å²) < 4.78 is 29.9. The highest BCUT2D eigenvalue weighted by Crippen LogP contribution is 2.25. The van der Waals surface area contributed by atoms with E-state index in [0.717, 1.165) is 23.9 Å². The van der Waals surface area contributed by atoms with Gasteiger partial charge in [-0.15, -0.1) is 0 Å². The summed E-state index contributed by atoms with van der Waals surface area (Å²) in [5.41, 5.74) is 0. The van der Waals surface area contributed by atoms with Gasteiger partial charge in [0.25, 0.3) is 0 Å². The van der Waals surface area contributed by atoms with Gasteiger partial charge in [-0.2, -0.15) is 9.40 Å². The van der Waals surface area contributed by atoms with Gasteiger partial charge in [0.05, 0.1) is 17.0 Å². The Morgan fingerprint density at radius 1 is 1.29 bits per heavy atom. The number of piperidine rings is 1. The molecule has 0 bridgehead atoms. The fraction of sp³-hybridized carbons (Fsp3) is 0.474. The van der Waals surface area contributed by atoms with Crippen molar-refractivity contribution in [2.75, 3.05) is 18.4 Å². The third-order valence-electron chi connectivity index (χ3n) is 4.90. The number of carbonyl (C=O) groups is 1. The van der Waals surface area contributed by atoms with Crippen LogP contribution in [0.1, 0.15) is 32.6 Å². The summed E-state index contributed by atoms with van der Waals surface area (Å²) in [7, 11) is -3.61. The lowest BCUT2D eigenvalue weighted by Crippen LogP contribution is -2.43. The number of unbranched alkanes of at least 4 members (excludes halogenated alkanes) is 1. The van der Waals surface area contributed by atoms with Gasteiger partial charge in [0.15, 0.2) is 0 Å². The van der Waals surface area contributed by atoms with E-state index in [1.54, 1.807) is 41.2 Å². The first-order chi connectivity index (χ1) is 13.4. The van der Waals surface area contributed by atoms with Crippen LogP contribution in [-0.4, -0.2) is 41.5 Å². The molecule has 9 heteroatoms. The van der Waals surface area contributed by atoms with Crippen LogP contribution in [0.15, 0.2) is 45.9 Å². The lowest BCUT2D eigenvalue weighted by atomic mass is 9.99. The van der Waals surface area contributed by atoms with E-state index in [1.807, 2.05) is 0 Å². The number of benzene rings is 1. The van der Waals surface area contributed by atoms with Gasteiger partial charge in [-0.1, -0.05) is 29.3 Å². The fourth-order valence-electron chi connectivity index (χ4n) is 3.28. The number of anilines is 1. The van der Waals surface area contributed by atoms with Crippen LogP contribution >= 0.6 is 15.9 Å². The second kappa shape index (κ2) is 9.19. The van der Waals surface area contributed by atoms with Crippen molar-refractivity contribution in [2.24, 2.45) is 5.92 Å². The van der Waals surface area contributed by atoms with Crippen LogP contribution in [0.3, 0.4) is 0 Å². The van der Waals surface area contributed by atoms with Crippen molar-refractivity contribution in [3.8, 4) is 0 Å². The molecule has 3 rings (SSSR count). The van der Waals surface area contributed by atoms with Crippen molar-refractivity contribution < 1.29 is 13.2 Å². The normalized spacial score (nSPS) is 18.1. The molecule has 0 aliphatic carbocycles. The molecule has 0 saturated carbocycles. The van der Waals surface area contributed by atoms with Crippen molar-refractivity contribution in [3.63, 3.8) is 0 Å². The van der Waals surface area contributed by atoms with Crippen LogP contribution in [0.25, 0.3) is 0 Å². The Bertz CT molecular complexity index is 912. The molecule has 2 aromatic rings. The minimum Gasteiger partial charge on any atom is -0.311 e. The van der Waals surface area contributed by atoms with Gasteiger partial charge in [0.2, 0.25) is 15.9 Å². The molecule has 1 saturated heterocycles. The molecule has 1 aliphatic heterocycles. The zero-order valence-electron chi connectivity index (χ0n) is 15.8. The van der Waals surface area contributed by atoms with Crippen LogP contribution in [0.5, 0.6) is 0 Å². The first kappa shape index (κ1) is 21.0. The molecule has 1 amide bonds. The van der Waals surface area contributed by atoms with Crippen LogP contribution in [0, 0.1) is 5.92 Å². The van der Waals surface area contributed by atoms with Crippen molar-refractivity contribution in [1.82, 2.24) is 14.1 Å². The SMILES string of the molecule is CCCCn1nccc1NC(=O)C1CCCN(S(=O)(=O)c2ccc(Br)cc2)C1. The molecule has 1 aromatic heterocycles. The second-order valence-electron chi connectivity index (χ2n) is 6.94. The number of carbonyl (C=O) groups excluding carboxylic acids is 1. The average Bonchev–Trinajstić information content (AvgIpc) is 3.13. The third-order valence-corrected chi connectivity index (χ3v) is 7.31. The number of rotatable bonds is 7. The molecule has 152 valence electrons. The maximum absolute atomic E-state index is 12.9. The molecule has 1 N–H and O–H groups in total. The quantitative estimate of drug-likeness (QED) is 0.673. The lowest BCUT2D eigenvalue weighted by Gasteiger charge is -2.31. The second-order valence-corrected chi connectivity index (χ2v) is 9.79. The van der Waals surface area contributed by atoms with Crippen LogP contribution in [-0.2, 0) is 21.4 Å². The molecule has 1 aliphatic rings. The van der Waals surface area contributed by atoms with Gasteiger partial charge in [0, 0.05) is 30.2 Å². The number of hydrogen-bond donors (Lipinski definition) is 1. The summed E-state index contributed by atoms with van der Waals surface area (Å²) in [5, 5.41) is 7.17. The fourth-order valence-corrected chi connectivity index (χ4v) is 5.07. The first-order valence-electron chi connectivity index (χ1n) is 9.50. The van der Waals surface area contributed by atoms with E-state index in [-0.39, 0.29) is 23.3 Å². The predicted molar refractivity (Wildman–Crippen MR) is 111 cm³/mol. The lowest BCUT2D eigenvalue weighted by molar-refractivity contribution is -0.120. The standard InChI is InChI=1S/C19H25BrN4O3S/c1-2-3-13-24-18(10-11-21-24)22-19(25)15-5-4-12-23(14-15)28(26,27)17-8-6-16(20)7-9-17/h6-11,15H,2-5,12-14H2,1H3,(H,22,25). The predicted octanol–water partition coefficient (Wildman–Crippen LogP) is 3.49. The van der Waals surface area contributed by atoms with E-state index in [2.05, 4.69) is 33.3 Å². The minimum atomic E-state index is -3.61. The zero-order chi connectivity index (χ0) is 20.1. The molecule has 1 fully saturated rings. The summed E-state index contributed by atoms with van der Waals surface area (Å²) in [6, 6.07) is 8.34. The van der Waals surface area contributed by atoms with E-state index < -0.39 is 10.0 Å². The highest BCUT2D eigenvalue weighted by molar-refractivity contribution is 9.10. The van der Waals surface area contributed by atoms with Crippen LogP contribution < -0.4 is 5.32 Å². The number of halogens is 1. The van der Waals surface area contributed by atoms with Gasteiger partial charge in [-0.25, -0.2) is 13.1 Å². The minimum absolute atomic E-state index is 0.158. The molecule has 2 heterocycles. The summed E-state index contributed by atoms with van der Waals surface area (Å²) in [5.74, 6) is 0.119. The number of nitrogens with one attached hydrogen (secondary N) is 1. The summed E-state index contributed by atoms with van der Waals surface area (Å²) in [6.07, 6.45) is 5.01. The summed E-state index contributed by atoms with van der Waals surface area (Å²) >= 11 is 3.32. The number of aromatic nitrogens is 2. The van der Waals surface area contributed by atoms with Gasteiger partial charge in [-0.05, 0) is 43.5 Å².